The number of hydrogen-bond donors (Lipinski definition) is 0. The molecule has 0 saturated carbocycles. The van der Waals surface area contributed by atoms with Crippen molar-refractivity contribution in [2.75, 3.05) is 7.11 Å². The zero-order chi connectivity index (χ0) is 26.4. The Hall–Kier alpha value is -0.536. The molecule has 0 unspecified atom stereocenters. The standard InChI is InChI=1S/C27H54O4Si2/c1-16-23(30-32(12,13)26(5,6)7)17-20(2)18-24(29-11)22(4)25(21(3)19-28)31-33(14,15)27(8,9)10/h16,18-19,21-25H,1,17H2,2-15H3/b20-18+/t21-,22-,23+,24-,25-/m1/s1. The van der Waals surface area contributed by atoms with Crippen molar-refractivity contribution >= 4 is 22.9 Å². The van der Waals surface area contributed by atoms with Gasteiger partial charge < -0.3 is 18.4 Å². The molecule has 0 aliphatic carbocycles. The molecule has 0 amide bonds. The lowest BCUT2D eigenvalue weighted by Gasteiger charge is -2.43. The largest absolute Gasteiger partial charge is 0.413 e. The fourth-order valence-electron chi connectivity index (χ4n) is 3.30. The molecule has 4 nitrogen and oxygen atoms in total. The molecule has 0 aromatic carbocycles. The van der Waals surface area contributed by atoms with Crippen molar-refractivity contribution in [1.82, 2.24) is 0 Å². The summed E-state index contributed by atoms with van der Waals surface area (Å²) in [6.45, 7) is 32.7. The van der Waals surface area contributed by atoms with E-state index in [-0.39, 0.29) is 40.2 Å². The van der Waals surface area contributed by atoms with Crippen molar-refractivity contribution < 1.29 is 18.4 Å². The number of carbonyl (C=O) groups is 1. The zero-order valence-corrected chi connectivity index (χ0v) is 26.2. The van der Waals surface area contributed by atoms with Gasteiger partial charge in [-0.1, -0.05) is 73.1 Å². The Morgan fingerprint density at radius 2 is 1.39 bits per heavy atom. The summed E-state index contributed by atoms with van der Waals surface area (Å²) in [6, 6.07) is 0. The number of hydrogen-bond acceptors (Lipinski definition) is 4. The van der Waals surface area contributed by atoms with E-state index in [1.165, 1.54) is 5.57 Å². The summed E-state index contributed by atoms with van der Waals surface area (Å²) in [6.07, 6.45) is 5.51. The molecule has 6 heteroatoms. The average molecular weight is 499 g/mol. The third kappa shape index (κ3) is 9.56. The fraction of sp³-hybridized carbons (Fsp3) is 0.815. The predicted octanol–water partition coefficient (Wildman–Crippen LogP) is 7.78. The van der Waals surface area contributed by atoms with E-state index in [0.29, 0.717) is 0 Å². The van der Waals surface area contributed by atoms with Gasteiger partial charge in [0.1, 0.15) is 6.29 Å². The third-order valence-electron chi connectivity index (χ3n) is 7.77. The van der Waals surface area contributed by atoms with E-state index in [0.717, 1.165) is 12.7 Å². The van der Waals surface area contributed by atoms with Gasteiger partial charge in [0.25, 0.3) is 0 Å². The van der Waals surface area contributed by atoms with Crippen LogP contribution in [0.2, 0.25) is 36.3 Å². The molecule has 0 aromatic rings. The molecule has 0 bridgehead atoms. The maximum atomic E-state index is 11.8. The van der Waals surface area contributed by atoms with Crippen molar-refractivity contribution in [3.8, 4) is 0 Å². The Morgan fingerprint density at radius 3 is 1.76 bits per heavy atom. The van der Waals surface area contributed by atoms with E-state index in [4.69, 9.17) is 13.6 Å². The predicted molar refractivity (Wildman–Crippen MR) is 148 cm³/mol. The lowest BCUT2D eigenvalue weighted by atomic mass is 9.88. The van der Waals surface area contributed by atoms with E-state index in [9.17, 15) is 4.79 Å². The maximum Gasteiger partial charge on any atom is 0.192 e. The highest BCUT2D eigenvalue weighted by Gasteiger charge is 2.43. The van der Waals surface area contributed by atoms with Gasteiger partial charge in [-0.3, -0.25) is 0 Å². The van der Waals surface area contributed by atoms with Gasteiger partial charge in [0, 0.05) is 18.9 Å². The molecule has 0 N–H and O–H groups in total. The molecule has 0 aromatic heterocycles. The van der Waals surface area contributed by atoms with E-state index in [2.05, 4.69) is 94.2 Å². The molecule has 0 saturated heterocycles. The first-order chi connectivity index (χ1) is 14.7. The van der Waals surface area contributed by atoms with Crippen LogP contribution in [0.1, 0.15) is 68.7 Å². The van der Waals surface area contributed by atoms with Gasteiger partial charge in [-0.2, -0.15) is 0 Å². The van der Waals surface area contributed by atoms with Crippen LogP contribution in [-0.2, 0) is 18.4 Å². The van der Waals surface area contributed by atoms with Gasteiger partial charge in [-0.25, -0.2) is 0 Å². The first-order valence-electron chi connectivity index (χ1n) is 12.4. The highest BCUT2D eigenvalue weighted by molar-refractivity contribution is 6.74. The molecule has 0 fully saturated rings. The molecular formula is C27H54O4Si2. The summed E-state index contributed by atoms with van der Waals surface area (Å²) < 4.78 is 19.2. The summed E-state index contributed by atoms with van der Waals surface area (Å²) in [4.78, 5) is 11.8. The number of rotatable bonds is 13. The van der Waals surface area contributed by atoms with E-state index >= 15 is 0 Å². The van der Waals surface area contributed by atoms with Crippen LogP contribution in [0.5, 0.6) is 0 Å². The fourth-order valence-corrected chi connectivity index (χ4v) is 6.06. The summed E-state index contributed by atoms with van der Waals surface area (Å²) in [5, 5.41) is 0.217. The summed E-state index contributed by atoms with van der Waals surface area (Å²) in [5.74, 6) is -0.175. The molecule has 0 heterocycles. The molecule has 0 aliphatic rings. The van der Waals surface area contributed by atoms with Gasteiger partial charge in [0.2, 0.25) is 0 Å². The Bertz CT molecular complexity index is 656. The van der Waals surface area contributed by atoms with Crippen LogP contribution < -0.4 is 0 Å². The number of aldehydes is 1. The minimum atomic E-state index is -2.05. The van der Waals surface area contributed by atoms with Gasteiger partial charge in [-0.15, -0.1) is 6.58 Å². The smallest absolute Gasteiger partial charge is 0.192 e. The average Bonchev–Trinajstić information content (AvgIpc) is 2.66. The van der Waals surface area contributed by atoms with Crippen molar-refractivity contribution in [2.45, 2.75) is 123 Å². The molecule has 33 heavy (non-hydrogen) atoms. The molecule has 194 valence electrons. The van der Waals surface area contributed by atoms with Crippen LogP contribution in [0.15, 0.2) is 24.3 Å². The number of ether oxygens (including phenoxy) is 1. The Balaban J connectivity index is 5.73. The van der Waals surface area contributed by atoms with Crippen LogP contribution >= 0.6 is 0 Å². The van der Waals surface area contributed by atoms with Crippen LogP contribution in [0.25, 0.3) is 0 Å². The van der Waals surface area contributed by atoms with Crippen molar-refractivity contribution in [3.05, 3.63) is 24.3 Å². The topological polar surface area (TPSA) is 44.8 Å². The number of methoxy groups -OCH3 is 1. The summed E-state index contributed by atoms with van der Waals surface area (Å²) in [7, 11) is -2.21. The van der Waals surface area contributed by atoms with Crippen molar-refractivity contribution in [2.24, 2.45) is 11.8 Å². The van der Waals surface area contributed by atoms with Crippen molar-refractivity contribution in [1.29, 1.82) is 0 Å². The summed E-state index contributed by atoms with van der Waals surface area (Å²) >= 11 is 0. The molecule has 0 aliphatic heterocycles. The second-order valence-corrected chi connectivity index (χ2v) is 22.3. The lowest BCUT2D eigenvalue weighted by Crippen LogP contribution is -2.49. The van der Waals surface area contributed by atoms with Gasteiger partial charge in [0.05, 0.1) is 18.3 Å². The van der Waals surface area contributed by atoms with E-state index < -0.39 is 16.6 Å². The molecule has 0 spiro atoms. The van der Waals surface area contributed by atoms with Crippen LogP contribution in [0, 0.1) is 11.8 Å². The monoisotopic (exact) mass is 498 g/mol. The second-order valence-electron chi connectivity index (χ2n) is 12.8. The molecule has 0 rings (SSSR count). The quantitative estimate of drug-likeness (QED) is 0.148. The Morgan fingerprint density at radius 1 is 0.939 bits per heavy atom. The highest BCUT2D eigenvalue weighted by atomic mass is 28.4. The molecule has 0 radical (unpaired) electrons. The van der Waals surface area contributed by atoms with Crippen LogP contribution in [-0.4, -0.2) is 48.3 Å². The molecular weight excluding hydrogens is 444 g/mol. The van der Waals surface area contributed by atoms with Gasteiger partial charge >= 0.3 is 0 Å². The minimum Gasteiger partial charge on any atom is -0.413 e. The highest BCUT2D eigenvalue weighted by Crippen LogP contribution is 2.40. The first-order valence-corrected chi connectivity index (χ1v) is 18.2. The van der Waals surface area contributed by atoms with Gasteiger partial charge in [0.15, 0.2) is 16.6 Å². The Labute approximate surface area is 207 Å². The van der Waals surface area contributed by atoms with Crippen LogP contribution in [0.4, 0.5) is 0 Å². The van der Waals surface area contributed by atoms with Crippen LogP contribution in [0.3, 0.4) is 0 Å². The second kappa shape index (κ2) is 12.4. The maximum absolute atomic E-state index is 11.8. The molecule has 5 atom stereocenters. The Kier molecular flexibility index (Phi) is 12.2. The SMILES string of the molecule is C=C[C@@H](C/C(C)=C/[C@@H](OC)[C@@H](C)[C@H](O[Si](C)(C)C(C)(C)C)[C@H](C)C=O)O[Si](C)(C)C(C)(C)C. The third-order valence-corrected chi connectivity index (χ3v) is 16.7. The van der Waals surface area contributed by atoms with Gasteiger partial charge in [-0.05, 0) is 49.6 Å². The summed E-state index contributed by atoms with van der Waals surface area (Å²) in [5.41, 5.74) is 1.20. The van der Waals surface area contributed by atoms with E-state index in [1.807, 2.05) is 13.0 Å². The first kappa shape index (κ1) is 32.5. The number of carbonyl (C=O) groups excluding carboxylic acids is 1. The lowest BCUT2D eigenvalue weighted by molar-refractivity contribution is -0.115. The van der Waals surface area contributed by atoms with Crippen molar-refractivity contribution in [3.63, 3.8) is 0 Å². The normalized spacial score (nSPS) is 18.9. The minimum absolute atomic E-state index is 0.0249. The van der Waals surface area contributed by atoms with E-state index in [1.54, 1.807) is 7.11 Å². The zero-order valence-electron chi connectivity index (χ0n) is 24.2.